The van der Waals surface area contributed by atoms with Crippen LogP contribution in [0.2, 0.25) is 0 Å². The maximum Gasteiger partial charge on any atom is 0.290 e. The molecule has 166 valence electrons. The van der Waals surface area contributed by atoms with Gasteiger partial charge in [0.1, 0.15) is 0 Å². The predicted molar refractivity (Wildman–Crippen MR) is 113 cm³/mol. The fourth-order valence-corrected chi connectivity index (χ4v) is 4.14. The molecule has 2 aliphatic rings. The summed E-state index contributed by atoms with van der Waals surface area (Å²) in [6.07, 6.45) is 4.67. The summed E-state index contributed by atoms with van der Waals surface area (Å²) in [7, 11) is 1.67. The minimum absolute atomic E-state index is 0.0497. The summed E-state index contributed by atoms with van der Waals surface area (Å²) in [5.41, 5.74) is 0.629. The summed E-state index contributed by atoms with van der Waals surface area (Å²) >= 11 is 0. The van der Waals surface area contributed by atoms with Crippen LogP contribution < -0.4 is 10.6 Å². The largest absolute Gasteiger partial charge is 0.483 e. The van der Waals surface area contributed by atoms with Crippen molar-refractivity contribution >= 4 is 18.3 Å². The number of carboxylic acid groups (broad SMARTS) is 1. The van der Waals surface area contributed by atoms with Crippen LogP contribution in [0.25, 0.3) is 0 Å². The Labute approximate surface area is 178 Å². The van der Waals surface area contributed by atoms with E-state index in [1.807, 2.05) is 18.2 Å². The average Bonchev–Trinajstić information content (AvgIpc) is 3.28. The first-order valence-corrected chi connectivity index (χ1v) is 10.6. The zero-order valence-electron chi connectivity index (χ0n) is 17.6. The molecule has 1 heterocycles. The summed E-state index contributed by atoms with van der Waals surface area (Å²) in [4.78, 5) is 35.8. The van der Waals surface area contributed by atoms with Gasteiger partial charge in [0.25, 0.3) is 12.4 Å². The lowest BCUT2D eigenvalue weighted by Gasteiger charge is -2.35. The minimum atomic E-state index is -0.250. The Morgan fingerprint density at radius 1 is 1.20 bits per heavy atom. The molecule has 2 amide bonds. The van der Waals surface area contributed by atoms with Gasteiger partial charge in [0.2, 0.25) is 5.91 Å². The molecule has 0 aromatic heterocycles. The number of carbonyl (C=O) groups excluding carboxylic acids is 2. The van der Waals surface area contributed by atoms with Gasteiger partial charge < -0.3 is 25.4 Å². The van der Waals surface area contributed by atoms with Gasteiger partial charge in [-0.15, -0.1) is 0 Å². The van der Waals surface area contributed by atoms with E-state index in [0.717, 1.165) is 32.5 Å². The third kappa shape index (κ3) is 7.42. The number of amides is 2. The smallest absolute Gasteiger partial charge is 0.290 e. The molecule has 1 aromatic rings. The van der Waals surface area contributed by atoms with Gasteiger partial charge in [0.15, 0.2) is 0 Å². The Morgan fingerprint density at radius 2 is 1.87 bits per heavy atom. The highest BCUT2D eigenvalue weighted by Crippen LogP contribution is 2.27. The second-order valence-electron chi connectivity index (χ2n) is 7.68. The van der Waals surface area contributed by atoms with E-state index in [9.17, 15) is 9.59 Å². The zero-order chi connectivity index (χ0) is 21.8. The van der Waals surface area contributed by atoms with Crippen molar-refractivity contribution in [3.8, 4) is 0 Å². The molecule has 0 spiro atoms. The Balaban J connectivity index is 0.00000101. The highest BCUT2D eigenvalue weighted by molar-refractivity contribution is 5.94. The fourth-order valence-electron chi connectivity index (χ4n) is 4.14. The molecule has 3 atom stereocenters. The number of nitrogens with one attached hydrogen (secondary N) is 2. The van der Waals surface area contributed by atoms with Crippen molar-refractivity contribution in [3.63, 3.8) is 0 Å². The van der Waals surface area contributed by atoms with Gasteiger partial charge >= 0.3 is 0 Å². The van der Waals surface area contributed by atoms with Crippen molar-refractivity contribution < 1.29 is 24.2 Å². The first-order valence-electron chi connectivity index (χ1n) is 10.6. The van der Waals surface area contributed by atoms with Gasteiger partial charge in [-0.3, -0.25) is 14.4 Å². The highest BCUT2D eigenvalue weighted by atomic mass is 16.5. The van der Waals surface area contributed by atoms with Crippen molar-refractivity contribution in [3.05, 3.63) is 35.9 Å². The van der Waals surface area contributed by atoms with Crippen molar-refractivity contribution in [2.45, 2.75) is 44.2 Å². The molecular formula is C22H33N3O5. The molecular weight excluding hydrogens is 386 g/mol. The first-order chi connectivity index (χ1) is 14.6. The van der Waals surface area contributed by atoms with Crippen LogP contribution in [0.15, 0.2) is 30.3 Å². The molecule has 8 heteroatoms. The summed E-state index contributed by atoms with van der Waals surface area (Å²) in [6, 6.07) is 9.02. The second kappa shape index (κ2) is 13.0. The third-order valence-electron chi connectivity index (χ3n) is 5.74. The SMILES string of the molecule is CO[C@@H]1CC[C@H](C(=O)NCCN2CCCC2)C[C@H]1NC(=O)c1ccccc1.O=CO. The molecule has 0 radical (unpaired) electrons. The van der Waals surface area contributed by atoms with E-state index in [1.165, 1.54) is 12.8 Å². The van der Waals surface area contributed by atoms with Crippen LogP contribution >= 0.6 is 0 Å². The molecule has 2 fully saturated rings. The van der Waals surface area contributed by atoms with E-state index in [2.05, 4.69) is 15.5 Å². The number of rotatable bonds is 7. The molecule has 1 saturated heterocycles. The molecule has 1 aromatic carbocycles. The van der Waals surface area contributed by atoms with Crippen molar-refractivity contribution in [1.29, 1.82) is 0 Å². The van der Waals surface area contributed by atoms with E-state index >= 15 is 0 Å². The summed E-state index contributed by atoms with van der Waals surface area (Å²) in [5, 5.41) is 13.0. The van der Waals surface area contributed by atoms with E-state index in [0.29, 0.717) is 18.5 Å². The molecule has 3 N–H and O–H groups in total. The molecule has 0 bridgehead atoms. The first kappa shape index (κ1) is 23.8. The number of benzene rings is 1. The molecule has 3 rings (SSSR count). The van der Waals surface area contributed by atoms with Crippen LogP contribution in [0.1, 0.15) is 42.5 Å². The van der Waals surface area contributed by atoms with Gasteiger partial charge in [-0.2, -0.15) is 0 Å². The average molecular weight is 420 g/mol. The summed E-state index contributed by atoms with van der Waals surface area (Å²) in [5.74, 6) is -0.0866. The van der Waals surface area contributed by atoms with Crippen LogP contribution in [-0.2, 0) is 14.3 Å². The predicted octanol–water partition coefficient (Wildman–Crippen LogP) is 1.51. The quantitative estimate of drug-likeness (QED) is 0.578. The fraction of sp³-hybridized carbons (Fsp3) is 0.591. The van der Waals surface area contributed by atoms with Gasteiger partial charge in [0, 0.05) is 31.7 Å². The zero-order valence-corrected chi connectivity index (χ0v) is 17.6. The maximum atomic E-state index is 12.6. The van der Waals surface area contributed by atoms with Crippen LogP contribution in [-0.4, -0.2) is 73.7 Å². The molecule has 0 unspecified atom stereocenters. The lowest BCUT2D eigenvalue weighted by atomic mass is 9.83. The van der Waals surface area contributed by atoms with Crippen LogP contribution in [0.5, 0.6) is 0 Å². The number of ether oxygens (including phenoxy) is 1. The Kier molecular flexibility index (Phi) is 10.3. The lowest BCUT2D eigenvalue weighted by molar-refractivity contribution is -0.127. The monoisotopic (exact) mass is 419 g/mol. The third-order valence-corrected chi connectivity index (χ3v) is 5.74. The van der Waals surface area contributed by atoms with Gasteiger partial charge in [-0.05, 0) is 57.3 Å². The Bertz CT molecular complexity index is 664. The van der Waals surface area contributed by atoms with E-state index in [1.54, 1.807) is 19.2 Å². The summed E-state index contributed by atoms with van der Waals surface area (Å²) < 4.78 is 5.56. The molecule has 1 saturated carbocycles. The van der Waals surface area contributed by atoms with Gasteiger partial charge in [-0.25, -0.2) is 0 Å². The van der Waals surface area contributed by atoms with E-state index in [4.69, 9.17) is 14.6 Å². The summed E-state index contributed by atoms with van der Waals surface area (Å²) in [6.45, 7) is 3.65. The second-order valence-corrected chi connectivity index (χ2v) is 7.68. The normalized spacial score (nSPS) is 23.7. The van der Waals surface area contributed by atoms with Crippen LogP contribution in [0.3, 0.4) is 0 Å². The number of carbonyl (C=O) groups is 3. The molecule has 8 nitrogen and oxygen atoms in total. The van der Waals surface area contributed by atoms with Crippen molar-refractivity contribution in [2.24, 2.45) is 5.92 Å². The molecule has 1 aliphatic heterocycles. The van der Waals surface area contributed by atoms with Gasteiger partial charge in [-0.1, -0.05) is 18.2 Å². The Hall–Kier alpha value is -2.45. The van der Waals surface area contributed by atoms with Gasteiger partial charge in [0.05, 0.1) is 12.1 Å². The Morgan fingerprint density at radius 3 is 2.50 bits per heavy atom. The number of nitrogens with zero attached hydrogens (tertiary/aromatic N) is 1. The van der Waals surface area contributed by atoms with Crippen LogP contribution in [0, 0.1) is 5.92 Å². The standard InChI is InChI=1S/C21H31N3O3.CH2O2/c1-27-19-10-9-17(20(25)22-11-14-24-12-5-6-13-24)15-18(19)23-21(26)16-7-3-2-4-8-16;2-1-3/h2-4,7-8,17-19H,5-6,9-15H2,1H3,(H,22,25)(H,23,26);1H,(H,2,3)/t17-,18+,19+;/m0./s1. The lowest BCUT2D eigenvalue weighted by Crippen LogP contribution is -2.50. The minimum Gasteiger partial charge on any atom is -0.483 e. The van der Waals surface area contributed by atoms with Crippen molar-refractivity contribution in [2.75, 3.05) is 33.3 Å². The molecule has 30 heavy (non-hydrogen) atoms. The number of likely N-dealkylation sites (tertiary alicyclic amines) is 1. The molecule has 1 aliphatic carbocycles. The van der Waals surface area contributed by atoms with E-state index < -0.39 is 0 Å². The number of methoxy groups -OCH3 is 1. The van der Waals surface area contributed by atoms with E-state index in [-0.39, 0.29) is 36.4 Å². The maximum absolute atomic E-state index is 12.6. The van der Waals surface area contributed by atoms with Crippen LogP contribution in [0.4, 0.5) is 0 Å². The van der Waals surface area contributed by atoms with Crippen molar-refractivity contribution in [1.82, 2.24) is 15.5 Å². The topological polar surface area (TPSA) is 108 Å². The highest BCUT2D eigenvalue weighted by Gasteiger charge is 2.35. The number of hydrogen-bond donors (Lipinski definition) is 3. The number of hydrogen-bond acceptors (Lipinski definition) is 5.